The van der Waals surface area contributed by atoms with Crippen LogP contribution in [0.15, 0.2) is 42.4 Å². The van der Waals surface area contributed by atoms with Crippen LogP contribution < -0.4 is 4.72 Å². The molecule has 0 spiro atoms. The lowest BCUT2D eigenvalue weighted by Crippen LogP contribution is -2.08. The average molecular weight is 358 g/mol. The standard InChI is InChI=1S/C15H11FN6O2S/c1-2-25(23,24)22-9-6-10-13(20-21-14(10)17-7-9)15-18-11-4-3-8(16)5-12(11)19-15/h2-7,22H,1H2,(H,18,19)(H,17,20,21). The van der Waals surface area contributed by atoms with E-state index in [0.717, 1.165) is 5.41 Å². The molecular weight excluding hydrogens is 347 g/mol. The van der Waals surface area contributed by atoms with Gasteiger partial charge in [-0.3, -0.25) is 9.82 Å². The maximum Gasteiger partial charge on any atom is 0.254 e. The van der Waals surface area contributed by atoms with E-state index in [9.17, 15) is 12.8 Å². The van der Waals surface area contributed by atoms with Crippen LogP contribution in [0.3, 0.4) is 0 Å². The van der Waals surface area contributed by atoms with Gasteiger partial charge in [0, 0.05) is 5.41 Å². The first-order valence-electron chi connectivity index (χ1n) is 7.10. The molecule has 0 aliphatic carbocycles. The number of benzene rings is 1. The molecule has 0 atom stereocenters. The molecule has 4 aromatic rings. The number of hydrogen-bond acceptors (Lipinski definition) is 5. The molecule has 1 aromatic carbocycles. The molecule has 0 saturated heterocycles. The van der Waals surface area contributed by atoms with Gasteiger partial charge < -0.3 is 4.98 Å². The summed E-state index contributed by atoms with van der Waals surface area (Å²) in [5, 5.41) is 8.29. The van der Waals surface area contributed by atoms with Gasteiger partial charge in [0.15, 0.2) is 11.5 Å². The van der Waals surface area contributed by atoms with Gasteiger partial charge in [-0.05, 0) is 24.3 Å². The zero-order valence-electron chi connectivity index (χ0n) is 12.6. The summed E-state index contributed by atoms with van der Waals surface area (Å²) in [5.74, 6) is 0.0368. The summed E-state index contributed by atoms with van der Waals surface area (Å²) < 4.78 is 38.9. The Morgan fingerprint density at radius 2 is 2.12 bits per heavy atom. The van der Waals surface area contributed by atoms with Crippen molar-refractivity contribution in [2.24, 2.45) is 0 Å². The van der Waals surface area contributed by atoms with E-state index in [4.69, 9.17) is 0 Å². The Bertz CT molecular complexity index is 1230. The molecule has 4 rings (SSSR count). The van der Waals surface area contributed by atoms with E-state index < -0.39 is 10.0 Å². The number of pyridine rings is 1. The molecule has 25 heavy (non-hydrogen) atoms. The Labute approximate surface area is 140 Å². The van der Waals surface area contributed by atoms with Gasteiger partial charge in [0.25, 0.3) is 10.0 Å². The maximum absolute atomic E-state index is 13.3. The van der Waals surface area contributed by atoms with Gasteiger partial charge in [-0.2, -0.15) is 5.10 Å². The number of nitrogens with one attached hydrogen (secondary N) is 3. The molecule has 0 radical (unpaired) electrons. The van der Waals surface area contributed by atoms with E-state index in [1.165, 1.54) is 18.3 Å². The fourth-order valence-electron chi connectivity index (χ4n) is 2.44. The first-order valence-corrected chi connectivity index (χ1v) is 8.65. The SMILES string of the molecule is C=CS(=O)(=O)Nc1cnc2[nH]nc(-c3nc4ccc(F)cc4[nH]3)c2c1. The second-order valence-electron chi connectivity index (χ2n) is 5.25. The number of aromatic nitrogens is 5. The first-order chi connectivity index (χ1) is 11.9. The summed E-state index contributed by atoms with van der Waals surface area (Å²) in [6.45, 7) is 3.24. The number of rotatable bonds is 4. The summed E-state index contributed by atoms with van der Waals surface area (Å²) in [6, 6.07) is 5.79. The monoisotopic (exact) mass is 358 g/mol. The summed E-state index contributed by atoms with van der Waals surface area (Å²) >= 11 is 0. The zero-order chi connectivity index (χ0) is 17.6. The average Bonchev–Trinajstić information content (AvgIpc) is 3.17. The molecule has 0 aliphatic rings. The van der Waals surface area contributed by atoms with Crippen LogP contribution >= 0.6 is 0 Å². The molecule has 0 amide bonds. The number of hydrogen-bond donors (Lipinski definition) is 3. The van der Waals surface area contributed by atoms with Gasteiger partial charge in [0.1, 0.15) is 11.5 Å². The molecule has 8 nitrogen and oxygen atoms in total. The van der Waals surface area contributed by atoms with Gasteiger partial charge in [0.05, 0.1) is 28.3 Å². The molecule has 10 heteroatoms. The summed E-state index contributed by atoms with van der Waals surface area (Å²) in [4.78, 5) is 11.5. The second-order valence-corrected chi connectivity index (χ2v) is 6.88. The lowest BCUT2D eigenvalue weighted by molar-refractivity contribution is 0.609. The number of H-pyrrole nitrogens is 2. The highest BCUT2D eigenvalue weighted by molar-refractivity contribution is 7.95. The van der Waals surface area contributed by atoms with Crippen LogP contribution in [0.5, 0.6) is 0 Å². The number of halogens is 1. The van der Waals surface area contributed by atoms with Gasteiger partial charge in [0.2, 0.25) is 0 Å². The van der Waals surface area contributed by atoms with Crippen molar-refractivity contribution in [1.29, 1.82) is 0 Å². The Balaban J connectivity index is 1.84. The van der Waals surface area contributed by atoms with Crippen LogP contribution in [-0.4, -0.2) is 33.6 Å². The molecule has 0 fully saturated rings. The van der Waals surface area contributed by atoms with E-state index in [2.05, 4.69) is 36.5 Å². The van der Waals surface area contributed by atoms with Gasteiger partial charge in [-0.1, -0.05) is 6.58 Å². The minimum absolute atomic E-state index is 0.261. The number of fused-ring (bicyclic) bond motifs is 2. The molecule has 3 N–H and O–H groups in total. The van der Waals surface area contributed by atoms with E-state index in [1.54, 1.807) is 12.1 Å². The fraction of sp³-hybridized carbons (Fsp3) is 0. The molecule has 0 aliphatic heterocycles. The Morgan fingerprint density at radius 3 is 2.92 bits per heavy atom. The van der Waals surface area contributed by atoms with Crippen molar-refractivity contribution in [2.75, 3.05) is 4.72 Å². The summed E-state index contributed by atoms with van der Waals surface area (Å²) in [7, 11) is -3.65. The second kappa shape index (κ2) is 5.38. The van der Waals surface area contributed by atoms with Crippen molar-refractivity contribution in [2.45, 2.75) is 0 Å². The third kappa shape index (κ3) is 2.72. The summed E-state index contributed by atoms with van der Waals surface area (Å²) in [6.07, 6.45) is 1.36. The number of anilines is 1. The van der Waals surface area contributed by atoms with Crippen molar-refractivity contribution in [3.8, 4) is 11.5 Å². The van der Waals surface area contributed by atoms with E-state index >= 15 is 0 Å². The smallest absolute Gasteiger partial charge is 0.254 e. The minimum Gasteiger partial charge on any atom is -0.336 e. The van der Waals surface area contributed by atoms with Crippen molar-refractivity contribution < 1.29 is 12.8 Å². The van der Waals surface area contributed by atoms with Crippen LogP contribution in [0.1, 0.15) is 0 Å². The van der Waals surface area contributed by atoms with Crippen LogP contribution in [-0.2, 0) is 10.0 Å². The summed E-state index contributed by atoms with van der Waals surface area (Å²) in [5.41, 5.74) is 2.28. The molecule has 0 saturated carbocycles. The Hall–Kier alpha value is -3.27. The number of nitrogens with zero attached hydrogens (tertiary/aromatic N) is 3. The largest absolute Gasteiger partial charge is 0.336 e. The molecule has 3 aromatic heterocycles. The first kappa shape index (κ1) is 15.3. The van der Waals surface area contributed by atoms with Crippen molar-refractivity contribution in [3.05, 3.63) is 48.3 Å². The van der Waals surface area contributed by atoms with E-state index in [-0.39, 0.29) is 11.5 Å². The lowest BCUT2D eigenvalue weighted by atomic mass is 10.2. The van der Waals surface area contributed by atoms with Crippen LogP contribution in [0, 0.1) is 5.82 Å². The number of imidazole rings is 1. The maximum atomic E-state index is 13.3. The highest BCUT2D eigenvalue weighted by atomic mass is 32.2. The van der Waals surface area contributed by atoms with Crippen LogP contribution in [0.4, 0.5) is 10.1 Å². The molecule has 126 valence electrons. The normalized spacial score (nSPS) is 11.9. The van der Waals surface area contributed by atoms with E-state index in [0.29, 0.717) is 33.6 Å². The van der Waals surface area contributed by atoms with Crippen molar-refractivity contribution in [1.82, 2.24) is 25.1 Å². The number of sulfonamides is 1. The van der Waals surface area contributed by atoms with Crippen LogP contribution in [0.25, 0.3) is 33.6 Å². The van der Waals surface area contributed by atoms with E-state index in [1.807, 2.05) is 0 Å². The number of aromatic amines is 2. The molecule has 0 unspecified atom stereocenters. The molecule has 0 bridgehead atoms. The van der Waals surface area contributed by atoms with Gasteiger partial charge in [-0.25, -0.2) is 22.8 Å². The van der Waals surface area contributed by atoms with Gasteiger partial charge in [-0.15, -0.1) is 0 Å². The lowest BCUT2D eigenvalue weighted by Gasteiger charge is -2.03. The fourth-order valence-corrected chi connectivity index (χ4v) is 2.96. The highest BCUT2D eigenvalue weighted by Gasteiger charge is 2.15. The molecular formula is C15H11FN6O2S. The Morgan fingerprint density at radius 1 is 1.28 bits per heavy atom. The van der Waals surface area contributed by atoms with Crippen LogP contribution in [0.2, 0.25) is 0 Å². The third-order valence-corrected chi connectivity index (χ3v) is 4.52. The zero-order valence-corrected chi connectivity index (χ0v) is 13.4. The molecule has 3 heterocycles. The van der Waals surface area contributed by atoms with Crippen molar-refractivity contribution in [3.63, 3.8) is 0 Å². The topological polar surface area (TPSA) is 116 Å². The highest BCUT2D eigenvalue weighted by Crippen LogP contribution is 2.27. The Kier molecular flexibility index (Phi) is 3.29. The third-order valence-electron chi connectivity index (χ3n) is 3.56. The quantitative estimate of drug-likeness (QED) is 0.518. The minimum atomic E-state index is -3.65. The van der Waals surface area contributed by atoms with Crippen molar-refractivity contribution >= 4 is 37.8 Å². The predicted octanol–water partition coefficient (Wildman–Crippen LogP) is 2.53. The predicted molar refractivity (Wildman–Crippen MR) is 91.7 cm³/mol. The van der Waals surface area contributed by atoms with Gasteiger partial charge >= 0.3 is 0 Å².